The third kappa shape index (κ3) is 4.95. The fraction of sp³-hybridized carbons (Fsp3) is 0.400. The Morgan fingerprint density at radius 1 is 1.23 bits per heavy atom. The Balaban J connectivity index is 1.73. The Bertz CT molecular complexity index is 1070. The number of fused-ring (bicyclic) bond motifs is 1. The molecular weight excluding hydrogens is 392 g/mol. The topological polar surface area (TPSA) is 81.3 Å². The molecule has 162 valence electrons. The van der Waals surface area contributed by atoms with Crippen molar-refractivity contribution in [3.05, 3.63) is 63.5 Å². The zero-order chi connectivity index (χ0) is 22.5. The van der Waals surface area contributed by atoms with Crippen LogP contribution < -0.4 is 0 Å². The number of aryl methyl sites for hydroxylation is 3. The van der Waals surface area contributed by atoms with Crippen molar-refractivity contribution < 1.29 is 19.1 Å². The van der Waals surface area contributed by atoms with E-state index in [0.29, 0.717) is 18.7 Å². The molecule has 2 aromatic rings. The summed E-state index contributed by atoms with van der Waals surface area (Å²) in [5.74, 6) is -1.07. The second-order valence-corrected chi connectivity index (χ2v) is 7.89. The summed E-state index contributed by atoms with van der Waals surface area (Å²) in [6, 6.07) is 9.47. The molecule has 6 nitrogen and oxygen atoms in total. The molecule has 1 aromatic carbocycles. The van der Waals surface area contributed by atoms with Gasteiger partial charge in [-0.25, -0.2) is 4.79 Å². The maximum Gasteiger partial charge on any atom is 0.349 e. The minimum atomic E-state index is -0.974. The first-order valence-electron chi connectivity index (χ1n) is 10.5. The molecule has 1 heterocycles. The van der Waals surface area contributed by atoms with Crippen molar-refractivity contribution >= 4 is 17.8 Å². The predicted molar refractivity (Wildman–Crippen MR) is 118 cm³/mol. The highest BCUT2D eigenvalue weighted by molar-refractivity contribution is 6.03. The average Bonchev–Trinajstić information content (AvgIpc) is 3.33. The summed E-state index contributed by atoms with van der Waals surface area (Å²) in [5.41, 5.74) is 5.55. The molecule has 1 atom stereocenters. The highest BCUT2D eigenvalue weighted by Gasteiger charge is 2.23. The van der Waals surface area contributed by atoms with Crippen LogP contribution in [0.25, 0.3) is 6.08 Å². The van der Waals surface area contributed by atoms with Crippen molar-refractivity contribution in [2.24, 2.45) is 0 Å². The van der Waals surface area contributed by atoms with Crippen molar-refractivity contribution in [2.45, 2.75) is 52.7 Å². The maximum atomic E-state index is 12.8. The Kier molecular flexibility index (Phi) is 7.09. The minimum absolute atomic E-state index is 0.138. The highest BCUT2D eigenvalue weighted by atomic mass is 16.5. The number of methoxy groups -OCH3 is 1. The van der Waals surface area contributed by atoms with Gasteiger partial charge in [-0.3, -0.25) is 4.79 Å². The lowest BCUT2D eigenvalue weighted by Gasteiger charge is -2.13. The van der Waals surface area contributed by atoms with Gasteiger partial charge < -0.3 is 14.0 Å². The first-order chi connectivity index (χ1) is 14.8. The number of nitriles is 1. The van der Waals surface area contributed by atoms with E-state index in [1.807, 2.05) is 38.1 Å². The Morgan fingerprint density at radius 3 is 2.68 bits per heavy atom. The number of benzene rings is 1. The molecule has 1 aromatic heterocycles. The molecule has 1 aliphatic carbocycles. The van der Waals surface area contributed by atoms with Gasteiger partial charge in [0.25, 0.3) is 0 Å². The van der Waals surface area contributed by atoms with E-state index in [0.717, 1.165) is 36.2 Å². The van der Waals surface area contributed by atoms with E-state index in [1.165, 1.54) is 17.2 Å². The molecule has 3 rings (SSSR count). The van der Waals surface area contributed by atoms with E-state index >= 15 is 0 Å². The number of carbonyl (C=O) groups excluding carboxylic acids is 2. The SMILES string of the molecule is COCCn1c(C)cc(/C=C(\C#N)C(=O)O[C@@H](C)C(=O)c2ccc3c(c2)CCC3)c1C. The summed E-state index contributed by atoms with van der Waals surface area (Å²) in [6.45, 7) is 6.67. The van der Waals surface area contributed by atoms with Crippen LogP contribution in [0.5, 0.6) is 0 Å². The van der Waals surface area contributed by atoms with E-state index in [2.05, 4.69) is 4.57 Å². The molecule has 0 spiro atoms. The number of aromatic nitrogens is 1. The van der Waals surface area contributed by atoms with Gasteiger partial charge in [0.1, 0.15) is 11.6 Å². The third-order valence-corrected chi connectivity index (χ3v) is 5.81. The molecule has 0 fully saturated rings. The van der Waals surface area contributed by atoms with Crippen molar-refractivity contribution in [3.8, 4) is 6.07 Å². The monoisotopic (exact) mass is 420 g/mol. The van der Waals surface area contributed by atoms with Gasteiger partial charge in [0.2, 0.25) is 5.78 Å². The molecule has 0 saturated carbocycles. The fourth-order valence-corrected chi connectivity index (χ4v) is 4.03. The van der Waals surface area contributed by atoms with Crippen molar-refractivity contribution in [2.75, 3.05) is 13.7 Å². The van der Waals surface area contributed by atoms with Crippen molar-refractivity contribution in [1.82, 2.24) is 4.57 Å². The number of ketones is 1. The van der Waals surface area contributed by atoms with Gasteiger partial charge in [-0.05, 0) is 74.9 Å². The molecule has 0 radical (unpaired) electrons. The van der Waals surface area contributed by atoms with E-state index in [-0.39, 0.29) is 11.4 Å². The largest absolute Gasteiger partial charge is 0.450 e. The van der Waals surface area contributed by atoms with Crippen LogP contribution in [-0.4, -0.2) is 36.1 Å². The normalized spacial score (nSPS) is 14.1. The fourth-order valence-electron chi connectivity index (χ4n) is 4.03. The van der Waals surface area contributed by atoms with E-state index in [1.54, 1.807) is 20.1 Å². The van der Waals surface area contributed by atoms with Gasteiger partial charge in [-0.15, -0.1) is 0 Å². The highest BCUT2D eigenvalue weighted by Crippen LogP contribution is 2.24. The van der Waals surface area contributed by atoms with E-state index in [4.69, 9.17) is 9.47 Å². The van der Waals surface area contributed by atoms with Gasteiger partial charge in [-0.2, -0.15) is 5.26 Å². The number of carbonyl (C=O) groups is 2. The molecule has 31 heavy (non-hydrogen) atoms. The van der Waals surface area contributed by atoms with Crippen LogP contribution in [0.2, 0.25) is 0 Å². The van der Waals surface area contributed by atoms with Crippen LogP contribution in [-0.2, 0) is 33.7 Å². The zero-order valence-electron chi connectivity index (χ0n) is 18.5. The summed E-state index contributed by atoms with van der Waals surface area (Å²) in [6.07, 6.45) is 3.64. The van der Waals surface area contributed by atoms with Crippen LogP contribution in [0.1, 0.15) is 51.8 Å². The van der Waals surface area contributed by atoms with Gasteiger partial charge >= 0.3 is 5.97 Å². The Hall–Kier alpha value is -3.17. The lowest BCUT2D eigenvalue weighted by Crippen LogP contribution is -2.25. The number of nitrogens with zero attached hydrogens (tertiary/aromatic N) is 2. The second kappa shape index (κ2) is 9.76. The van der Waals surface area contributed by atoms with Gasteiger partial charge in [-0.1, -0.05) is 12.1 Å². The predicted octanol–water partition coefficient (Wildman–Crippen LogP) is 3.96. The summed E-state index contributed by atoms with van der Waals surface area (Å²) in [4.78, 5) is 25.4. The number of hydrogen-bond acceptors (Lipinski definition) is 5. The maximum absolute atomic E-state index is 12.8. The summed E-state index contributed by atoms with van der Waals surface area (Å²) >= 11 is 0. The molecule has 1 aliphatic rings. The first kappa shape index (κ1) is 22.5. The Morgan fingerprint density at radius 2 is 1.97 bits per heavy atom. The molecule has 0 unspecified atom stereocenters. The number of hydrogen-bond donors (Lipinski definition) is 0. The second-order valence-electron chi connectivity index (χ2n) is 7.89. The molecule has 0 aliphatic heterocycles. The minimum Gasteiger partial charge on any atom is -0.450 e. The third-order valence-electron chi connectivity index (χ3n) is 5.81. The van der Waals surface area contributed by atoms with Crippen LogP contribution in [0.15, 0.2) is 29.8 Å². The molecule has 0 bridgehead atoms. The smallest absolute Gasteiger partial charge is 0.349 e. The van der Waals surface area contributed by atoms with Crippen LogP contribution in [0, 0.1) is 25.2 Å². The van der Waals surface area contributed by atoms with Gasteiger partial charge in [0.05, 0.1) is 6.61 Å². The van der Waals surface area contributed by atoms with Crippen molar-refractivity contribution in [3.63, 3.8) is 0 Å². The lowest BCUT2D eigenvalue weighted by atomic mass is 10.0. The Labute approximate surface area is 183 Å². The van der Waals surface area contributed by atoms with Gasteiger partial charge in [0.15, 0.2) is 6.10 Å². The van der Waals surface area contributed by atoms with Crippen LogP contribution in [0.4, 0.5) is 0 Å². The van der Waals surface area contributed by atoms with Gasteiger partial charge in [0, 0.05) is 30.6 Å². The number of esters is 1. The number of Topliss-reactive ketones (excluding diaryl/α,β-unsaturated/α-hetero) is 1. The molecule has 6 heteroatoms. The molecule has 0 amide bonds. The van der Waals surface area contributed by atoms with Crippen LogP contribution >= 0.6 is 0 Å². The zero-order valence-corrected chi connectivity index (χ0v) is 18.5. The standard InChI is InChI=1S/C25H28N2O4/c1-16-12-22(17(2)27(16)10-11-30-4)14-23(15-26)25(29)31-18(3)24(28)21-9-8-19-6-5-7-20(19)13-21/h8-9,12-14,18H,5-7,10-11H2,1-4H3/b23-14+/t18-/m0/s1. The lowest BCUT2D eigenvalue weighted by molar-refractivity contribution is -0.141. The van der Waals surface area contributed by atoms with E-state index in [9.17, 15) is 14.9 Å². The van der Waals surface area contributed by atoms with E-state index < -0.39 is 12.1 Å². The molecule has 0 N–H and O–H groups in total. The first-order valence-corrected chi connectivity index (χ1v) is 10.5. The number of ether oxygens (including phenoxy) is 2. The summed E-state index contributed by atoms with van der Waals surface area (Å²) in [7, 11) is 1.64. The average molecular weight is 421 g/mol. The molecular formula is C25H28N2O4. The number of rotatable bonds is 8. The summed E-state index contributed by atoms with van der Waals surface area (Å²) < 4.78 is 12.6. The summed E-state index contributed by atoms with van der Waals surface area (Å²) in [5, 5.41) is 9.51. The van der Waals surface area contributed by atoms with Crippen LogP contribution in [0.3, 0.4) is 0 Å². The van der Waals surface area contributed by atoms with Crippen molar-refractivity contribution in [1.29, 1.82) is 5.26 Å². The molecule has 0 saturated heterocycles. The quantitative estimate of drug-likeness (QED) is 0.279.